The second-order valence-corrected chi connectivity index (χ2v) is 7.03. The van der Waals surface area contributed by atoms with Crippen LogP contribution in [0.15, 0.2) is 36.9 Å². The van der Waals surface area contributed by atoms with Crippen LogP contribution in [0.1, 0.15) is 40.0 Å². The fourth-order valence-electron chi connectivity index (χ4n) is 3.52. The first-order valence-electron chi connectivity index (χ1n) is 9.71. The van der Waals surface area contributed by atoms with Crippen LogP contribution in [0.25, 0.3) is 0 Å². The van der Waals surface area contributed by atoms with E-state index in [-0.39, 0.29) is 42.4 Å². The fraction of sp³-hybridized carbons (Fsp3) is 0.300. The van der Waals surface area contributed by atoms with Crippen LogP contribution in [-0.4, -0.2) is 63.3 Å². The maximum atomic E-state index is 13.0. The highest BCUT2D eigenvalue weighted by atomic mass is 16.5. The van der Waals surface area contributed by atoms with Gasteiger partial charge in [-0.05, 0) is 25.0 Å². The lowest BCUT2D eigenvalue weighted by atomic mass is 10.0. The van der Waals surface area contributed by atoms with E-state index >= 15 is 0 Å². The van der Waals surface area contributed by atoms with Crippen molar-refractivity contribution in [3.63, 3.8) is 0 Å². The summed E-state index contributed by atoms with van der Waals surface area (Å²) in [6.45, 7) is 0.530. The standard InChI is InChI=1S/C20H19N5O6/c26-15-6-5-13(17(27)23-15)25-18(28)12-3-1-4-14(16(12)19(25)29)31-10-2-7-22-20(30)24-9-8-21-11-24/h1,3-4,8-9,11,13H,2,5-7,10H2,(H,22,30)(H,23,26,27). The van der Waals surface area contributed by atoms with Crippen molar-refractivity contribution in [3.8, 4) is 5.75 Å². The molecule has 0 bridgehead atoms. The first kappa shape index (κ1) is 20.3. The molecule has 1 fully saturated rings. The summed E-state index contributed by atoms with van der Waals surface area (Å²) in [6, 6.07) is 3.31. The summed E-state index contributed by atoms with van der Waals surface area (Å²) in [4.78, 5) is 65.8. The van der Waals surface area contributed by atoms with Crippen LogP contribution in [0.4, 0.5) is 4.79 Å². The van der Waals surface area contributed by atoms with Crippen LogP contribution in [0.2, 0.25) is 0 Å². The van der Waals surface area contributed by atoms with Gasteiger partial charge < -0.3 is 10.1 Å². The molecule has 2 aliphatic rings. The lowest BCUT2D eigenvalue weighted by molar-refractivity contribution is -0.136. The van der Waals surface area contributed by atoms with Crippen molar-refractivity contribution in [2.24, 2.45) is 0 Å². The van der Waals surface area contributed by atoms with Crippen molar-refractivity contribution in [3.05, 3.63) is 48.0 Å². The van der Waals surface area contributed by atoms with E-state index in [0.29, 0.717) is 13.0 Å². The summed E-state index contributed by atoms with van der Waals surface area (Å²) in [5.74, 6) is -2.08. The monoisotopic (exact) mass is 425 g/mol. The second kappa shape index (κ2) is 8.38. The SMILES string of the molecule is O=C1CCC(N2C(=O)c3cccc(OCCCNC(=O)n4ccnc4)c3C2=O)C(=O)N1. The van der Waals surface area contributed by atoms with Crippen LogP contribution in [0.5, 0.6) is 5.75 Å². The third kappa shape index (κ3) is 3.89. The first-order chi connectivity index (χ1) is 15.0. The van der Waals surface area contributed by atoms with Crippen molar-refractivity contribution in [2.45, 2.75) is 25.3 Å². The molecule has 11 heteroatoms. The second-order valence-electron chi connectivity index (χ2n) is 7.03. The molecule has 160 valence electrons. The van der Waals surface area contributed by atoms with E-state index in [2.05, 4.69) is 15.6 Å². The number of carbonyl (C=O) groups is 5. The smallest absolute Gasteiger partial charge is 0.326 e. The summed E-state index contributed by atoms with van der Waals surface area (Å²) in [5, 5.41) is 4.86. The normalized spacial score (nSPS) is 18.1. The van der Waals surface area contributed by atoms with Crippen LogP contribution < -0.4 is 15.4 Å². The van der Waals surface area contributed by atoms with Gasteiger partial charge in [-0.25, -0.2) is 9.78 Å². The van der Waals surface area contributed by atoms with Gasteiger partial charge in [0.1, 0.15) is 18.1 Å². The molecule has 1 unspecified atom stereocenters. The number of rotatable bonds is 6. The van der Waals surface area contributed by atoms with Gasteiger partial charge in [-0.3, -0.25) is 34.0 Å². The van der Waals surface area contributed by atoms with Crippen molar-refractivity contribution >= 4 is 29.7 Å². The largest absolute Gasteiger partial charge is 0.493 e. The molecule has 2 aliphatic heterocycles. The number of hydrogen-bond donors (Lipinski definition) is 2. The Morgan fingerprint density at radius 2 is 2.06 bits per heavy atom. The Balaban J connectivity index is 1.38. The van der Waals surface area contributed by atoms with Crippen molar-refractivity contribution in [1.82, 2.24) is 25.1 Å². The van der Waals surface area contributed by atoms with E-state index in [1.165, 1.54) is 29.4 Å². The summed E-state index contributed by atoms with van der Waals surface area (Å²) < 4.78 is 7.00. The predicted molar refractivity (Wildman–Crippen MR) is 104 cm³/mol. The van der Waals surface area contributed by atoms with Gasteiger partial charge in [-0.1, -0.05) is 6.07 Å². The minimum atomic E-state index is -1.03. The van der Waals surface area contributed by atoms with Crippen molar-refractivity contribution in [2.75, 3.05) is 13.2 Å². The molecule has 0 spiro atoms. The Morgan fingerprint density at radius 3 is 2.81 bits per heavy atom. The number of amides is 5. The Labute approximate surface area is 176 Å². The Morgan fingerprint density at radius 1 is 1.23 bits per heavy atom. The molecule has 3 heterocycles. The Kier molecular flexibility index (Phi) is 5.48. The van der Waals surface area contributed by atoms with Crippen LogP contribution in [-0.2, 0) is 9.59 Å². The highest BCUT2D eigenvalue weighted by Gasteiger charge is 2.45. The molecule has 0 aliphatic carbocycles. The number of imide groups is 2. The maximum Gasteiger partial charge on any atom is 0.326 e. The minimum Gasteiger partial charge on any atom is -0.493 e. The number of aromatic nitrogens is 2. The number of ether oxygens (including phenoxy) is 1. The lowest BCUT2D eigenvalue weighted by Gasteiger charge is -2.27. The molecule has 1 aromatic heterocycles. The zero-order valence-electron chi connectivity index (χ0n) is 16.4. The zero-order valence-corrected chi connectivity index (χ0v) is 16.4. The highest BCUT2D eigenvalue weighted by molar-refractivity contribution is 6.24. The van der Waals surface area contributed by atoms with E-state index in [1.54, 1.807) is 12.1 Å². The van der Waals surface area contributed by atoms with E-state index < -0.39 is 29.7 Å². The molecular weight excluding hydrogens is 406 g/mol. The lowest BCUT2D eigenvalue weighted by Crippen LogP contribution is -2.54. The molecule has 31 heavy (non-hydrogen) atoms. The number of nitrogens with zero attached hydrogens (tertiary/aromatic N) is 3. The van der Waals surface area contributed by atoms with Gasteiger partial charge in [-0.2, -0.15) is 0 Å². The van der Waals surface area contributed by atoms with E-state index in [1.807, 2.05) is 0 Å². The van der Waals surface area contributed by atoms with Gasteiger partial charge in [-0.15, -0.1) is 0 Å². The number of hydrogen-bond acceptors (Lipinski definition) is 7. The molecule has 1 saturated heterocycles. The van der Waals surface area contributed by atoms with Gasteiger partial charge >= 0.3 is 6.03 Å². The Hall–Kier alpha value is -4.02. The Bertz CT molecular complexity index is 1060. The molecule has 0 radical (unpaired) electrons. The molecule has 11 nitrogen and oxygen atoms in total. The van der Waals surface area contributed by atoms with Gasteiger partial charge in [0.05, 0.1) is 17.7 Å². The van der Waals surface area contributed by atoms with Crippen molar-refractivity contribution in [1.29, 1.82) is 0 Å². The average Bonchev–Trinajstić information content (AvgIpc) is 3.37. The first-order valence-corrected chi connectivity index (χ1v) is 9.71. The van der Waals surface area contributed by atoms with Crippen LogP contribution in [0, 0.1) is 0 Å². The van der Waals surface area contributed by atoms with Crippen molar-refractivity contribution < 1.29 is 28.7 Å². The van der Waals surface area contributed by atoms with E-state index in [0.717, 1.165) is 4.90 Å². The summed E-state index contributed by atoms with van der Waals surface area (Å²) in [6.07, 6.45) is 5.00. The number of imidazole rings is 1. The third-order valence-corrected chi connectivity index (χ3v) is 5.02. The predicted octanol–water partition coefficient (Wildman–Crippen LogP) is 0.311. The van der Waals surface area contributed by atoms with Crippen LogP contribution >= 0.6 is 0 Å². The molecule has 2 aromatic rings. The van der Waals surface area contributed by atoms with Gasteiger partial charge in [0.15, 0.2) is 0 Å². The van der Waals surface area contributed by atoms with Gasteiger partial charge in [0.2, 0.25) is 11.8 Å². The van der Waals surface area contributed by atoms with Crippen LogP contribution in [0.3, 0.4) is 0 Å². The van der Waals surface area contributed by atoms with E-state index in [9.17, 15) is 24.0 Å². The molecular formula is C20H19N5O6. The molecule has 5 amide bonds. The quantitative estimate of drug-likeness (QED) is 0.501. The topological polar surface area (TPSA) is 140 Å². The average molecular weight is 425 g/mol. The zero-order chi connectivity index (χ0) is 22.0. The summed E-state index contributed by atoms with van der Waals surface area (Å²) in [7, 11) is 0. The molecule has 4 rings (SSSR count). The third-order valence-electron chi connectivity index (χ3n) is 5.02. The summed E-state index contributed by atoms with van der Waals surface area (Å²) in [5.41, 5.74) is 0.250. The minimum absolute atomic E-state index is 0.0535. The van der Waals surface area contributed by atoms with Gasteiger partial charge in [0, 0.05) is 25.4 Å². The van der Waals surface area contributed by atoms with Gasteiger partial charge in [0.25, 0.3) is 11.8 Å². The molecule has 1 atom stereocenters. The fourth-order valence-corrected chi connectivity index (χ4v) is 3.52. The molecule has 0 saturated carbocycles. The number of nitrogens with one attached hydrogen (secondary N) is 2. The number of piperidine rings is 1. The number of benzene rings is 1. The highest BCUT2D eigenvalue weighted by Crippen LogP contribution is 2.33. The molecule has 2 N–H and O–H groups in total. The number of fused-ring (bicyclic) bond motifs is 1. The summed E-state index contributed by atoms with van der Waals surface area (Å²) >= 11 is 0. The van der Waals surface area contributed by atoms with E-state index in [4.69, 9.17) is 4.74 Å². The number of carbonyl (C=O) groups excluding carboxylic acids is 5. The maximum absolute atomic E-state index is 13.0. The molecule has 1 aromatic carbocycles.